The first-order valence-corrected chi connectivity index (χ1v) is 8.29. The molecule has 0 aliphatic heterocycles. The number of aryl methyl sites for hydroxylation is 1. The maximum Gasteiger partial charge on any atom is 0.159 e. The highest BCUT2D eigenvalue weighted by Gasteiger charge is 2.11. The van der Waals surface area contributed by atoms with E-state index in [1.807, 2.05) is 78.5 Å². The van der Waals surface area contributed by atoms with Crippen LogP contribution in [0.15, 0.2) is 73.1 Å². The zero-order chi connectivity index (χ0) is 17.2. The van der Waals surface area contributed by atoms with Crippen molar-refractivity contribution in [3.8, 4) is 28.3 Å². The maximum absolute atomic E-state index is 5.96. The quantitative estimate of drug-likeness (QED) is 0.526. The average Bonchev–Trinajstić information content (AvgIpc) is 3.05. The minimum absolute atomic E-state index is 0.705. The van der Waals surface area contributed by atoms with Gasteiger partial charge in [-0.05, 0) is 37.3 Å². The zero-order valence-corrected chi connectivity index (χ0v) is 14.4. The molecule has 0 aliphatic carbocycles. The topological polar surface area (TPSA) is 43.6 Å². The summed E-state index contributed by atoms with van der Waals surface area (Å²) in [7, 11) is 0. The van der Waals surface area contributed by atoms with Gasteiger partial charge in [0.25, 0.3) is 0 Å². The van der Waals surface area contributed by atoms with Gasteiger partial charge in [-0.3, -0.25) is 0 Å². The molecule has 0 unspecified atom stereocenters. The highest BCUT2D eigenvalue weighted by Crippen LogP contribution is 2.24. The van der Waals surface area contributed by atoms with Crippen molar-refractivity contribution in [2.24, 2.45) is 0 Å². The van der Waals surface area contributed by atoms with Gasteiger partial charge in [-0.25, -0.2) is 14.6 Å². The highest BCUT2D eigenvalue weighted by atomic mass is 35.5. The molecule has 0 atom stereocenters. The molecule has 0 saturated heterocycles. The van der Waals surface area contributed by atoms with Crippen LogP contribution in [0.4, 0.5) is 0 Å². The molecule has 2 aromatic heterocycles. The number of hydrogen-bond donors (Lipinski definition) is 0. The van der Waals surface area contributed by atoms with Gasteiger partial charge in [0.15, 0.2) is 5.82 Å². The Hall–Kier alpha value is -2.98. The van der Waals surface area contributed by atoms with E-state index < -0.39 is 0 Å². The van der Waals surface area contributed by atoms with Gasteiger partial charge in [0.2, 0.25) is 0 Å². The van der Waals surface area contributed by atoms with Crippen molar-refractivity contribution in [3.05, 3.63) is 83.8 Å². The molecular formula is C20H15ClN4. The third kappa shape index (κ3) is 3.16. The summed E-state index contributed by atoms with van der Waals surface area (Å²) in [6.45, 7) is 1.98. The molecule has 4 rings (SSSR count). The van der Waals surface area contributed by atoms with E-state index in [9.17, 15) is 0 Å². The predicted molar refractivity (Wildman–Crippen MR) is 99.8 cm³/mol. The number of rotatable bonds is 3. The number of halogens is 1. The molecule has 0 aliphatic rings. The molecule has 0 N–H and O–H groups in total. The van der Waals surface area contributed by atoms with Crippen LogP contribution in [-0.4, -0.2) is 19.7 Å². The standard InChI is InChI=1S/C20H15ClN4/c1-14-18(13-25(24-14)17-9-7-16(21)8-10-17)19-11-12-22-20(23-19)15-5-3-2-4-6-15/h2-13H,1H3. The van der Waals surface area contributed by atoms with Crippen molar-refractivity contribution in [2.45, 2.75) is 6.92 Å². The van der Waals surface area contributed by atoms with E-state index in [2.05, 4.69) is 10.1 Å². The molecule has 25 heavy (non-hydrogen) atoms. The fourth-order valence-electron chi connectivity index (χ4n) is 2.67. The lowest BCUT2D eigenvalue weighted by atomic mass is 10.1. The van der Waals surface area contributed by atoms with Crippen LogP contribution in [0, 0.1) is 6.92 Å². The van der Waals surface area contributed by atoms with Crippen molar-refractivity contribution in [3.63, 3.8) is 0 Å². The largest absolute Gasteiger partial charge is 0.240 e. The summed E-state index contributed by atoms with van der Waals surface area (Å²) in [5.41, 5.74) is 4.69. The van der Waals surface area contributed by atoms with Gasteiger partial charge in [-0.2, -0.15) is 5.10 Å². The Kier molecular flexibility index (Phi) is 4.04. The zero-order valence-electron chi connectivity index (χ0n) is 13.6. The summed E-state index contributed by atoms with van der Waals surface area (Å²) in [6, 6.07) is 19.4. The van der Waals surface area contributed by atoms with Crippen LogP contribution < -0.4 is 0 Å². The second-order valence-corrected chi connectivity index (χ2v) is 6.12. The summed E-state index contributed by atoms with van der Waals surface area (Å²) in [5, 5.41) is 5.31. The Morgan fingerprint density at radius 1 is 0.920 bits per heavy atom. The fourth-order valence-corrected chi connectivity index (χ4v) is 2.80. The lowest BCUT2D eigenvalue weighted by molar-refractivity contribution is 0.863. The third-order valence-corrected chi connectivity index (χ3v) is 4.21. The summed E-state index contributed by atoms with van der Waals surface area (Å²) in [6.07, 6.45) is 3.76. The number of aromatic nitrogens is 4. The van der Waals surface area contributed by atoms with Gasteiger partial charge in [-0.1, -0.05) is 41.9 Å². The molecule has 4 nitrogen and oxygen atoms in total. The minimum atomic E-state index is 0.705. The average molecular weight is 347 g/mol. The molecule has 0 radical (unpaired) electrons. The molecular weight excluding hydrogens is 332 g/mol. The van der Waals surface area contributed by atoms with Gasteiger partial charge < -0.3 is 0 Å². The molecule has 122 valence electrons. The van der Waals surface area contributed by atoms with Crippen LogP contribution in [0.2, 0.25) is 5.02 Å². The monoisotopic (exact) mass is 346 g/mol. The second-order valence-electron chi connectivity index (χ2n) is 5.68. The molecule has 0 spiro atoms. The first-order valence-electron chi connectivity index (χ1n) is 7.92. The van der Waals surface area contributed by atoms with Gasteiger partial charge in [0, 0.05) is 28.5 Å². The Morgan fingerprint density at radius 2 is 1.68 bits per heavy atom. The molecule has 0 saturated carbocycles. The number of nitrogens with zero attached hydrogens (tertiary/aromatic N) is 4. The van der Waals surface area contributed by atoms with E-state index in [4.69, 9.17) is 16.6 Å². The van der Waals surface area contributed by atoms with E-state index in [1.165, 1.54) is 0 Å². The van der Waals surface area contributed by atoms with Gasteiger partial charge in [0.05, 0.1) is 17.1 Å². The molecule has 2 heterocycles. The van der Waals surface area contributed by atoms with Crippen molar-refractivity contribution >= 4 is 11.6 Å². The normalized spacial score (nSPS) is 10.8. The molecule has 0 fully saturated rings. The molecule has 5 heteroatoms. The van der Waals surface area contributed by atoms with Crippen LogP contribution in [0.5, 0.6) is 0 Å². The van der Waals surface area contributed by atoms with Crippen LogP contribution in [0.3, 0.4) is 0 Å². The first kappa shape index (κ1) is 15.5. The van der Waals surface area contributed by atoms with Crippen molar-refractivity contribution < 1.29 is 0 Å². The third-order valence-electron chi connectivity index (χ3n) is 3.95. The smallest absolute Gasteiger partial charge is 0.159 e. The lowest BCUT2D eigenvalue weighted by Crippen LogP contribution is -1.93. The summed E-state index contributed by atoms with van der Waals surface area (Å²) >= 11 is 5.96. The van der Waals surface area contributed by atoms with Crippen molar-refractivity contribution in [1.82, 2.24) is 19.7 Å². The molecule has 4 aromatic rings. The van der Waals surface area contributed by atoms with E-state index in [-0.39, 0.29) is 0 Å². The van der Waals surface area contributed by atoms with Gasteiger partial charge in [-0.15, -0.1) is 0 Å². The van der Waals surface area contributed by atoms with Crippen LogP contribution in [0.25, 0.3) is 28.3 Å². The Labute approximate surface area is 150 Å². The first-order chi connectivity index (χ1) is 12.2. The number of benzene rings is 2. The van der Waals surface area contributed by atoms with Gasteiger partial charge in [0.1, 0.15) is 0 Å². The van der Waals surface area contributed by atoms with Crippen molar-refractivity contribution in [1.29, 1.82) is 0 Å². The maximum atomic E-state index is 5.96. The highest BCUT2D eigenvalue weighted by molar-refractivity contribution is 6.30. The van der Waals surface area contributed by atoms with Crippen molar-refractivity contribution in [2.75, 3.05) is 0 Å². The molecule has 0 amide bonds. The van der Waals surface area contributed by atoms with E-state index in [0.29, 0.717) is 10.8 Å². The van der Waals surface area contributed by atoms with E-state index in [1.54, 1.807) is 6.20 Å². The second kappa shape index (κ2) is 6.49. The fraction of sp³-hybridized carbons (Fsp3) is 0.0500. The Balaban J connectivity index is 1.74. The lowest BCUT2D eigenvalue weighted by Gasteiger charge is -2.03. The number of hydrogen-bond acceptors (Lipinski definition) is 3. The summed E-state index contributed by atoms with van der Waals surface area (Å²) in [4.78, 5) is 9.10. The van der Waals surface area contributed by atoms with Crippen LogP contribution >= 0.6 is 11.6 Å². The van der Waals surface area contributed by atoms with E-state index in [0.717, 1.165) is 28.2 Å². The van der Waals surface area contributed by atoms with Crippen LogP contribution in [-0.2, 0) is 0 Å². The van der Waals surface area contributed by atoms with Gasteiger partial charge >= 0.3 is 0 Å². The van der Waals surface area contributed by atoms with E-state index >= 15 is 0 Å². The Bertz CT molecular complexity index is 1010. The summed E-state index contributed by atoms with van der Waals surface area (Å²) < 4.78 is 1.84. The molecule has 0 bridgehead atoms. The summed E-state index contributed by atoms with van der Waals surface area (Å²) in [5.74, 6) is 0.705. The van der Waals surface area contributed by atoms with Crippen LogP contribution in [0.1, 0.15) is 5.69 Å². The predicted octanol–water partition coefficient (Wildman–Crippen LogP) is 4.96. The minimum Gasteiger partial charge on any atom is -0.240 e. The molecule has 2 aromatic carbocycles. The SMILES string of the molecule is Cc1nn(-c2ccc(Cl)cc2)cc1-c1ccnc(-c2ccccc2)n1. The Morgan fingerprint density at radius 3 is 2.44 bits per heavy atom.